The van der Waals surface area contributed by atoms with Gasteiger partial charge in [-0.2, -0.15) is 0 Å². The van der Waals surface area contributed by atoms with Crippen molar-refractivity contribution in [3.05, 3.63) is 138 Å². The van der Waals surface area contributed by atoms with E-state index in [4.69, 9.17) is 4.74 Å². The number of carboxylic acid groups (broad SMARTS) is 1. The second-order valence-electron chi connectivity index (χ2n) is 10.2. The van der Waals surface area contributed by atoms with E-state index in [1.807, 2.05) is 68.4 Å². The monoisotopic (exact) mass is 576 g/mol. The van der Waals surface area contributed by atoms with Crippen LogP contribution in [0.3, 0.4) is 0 Å². The van der Waals surface area contributed by atoms with Crippen molar-refractivity contribution >= 4 is 29.0 Å². The number of carbonyl (C=O) groups is 3. The lowest BCUT2D eigenvalue weighted by Crippen LogP contribution is -2.32. The third-order valence-electron chi connectivity index (χ3n) is 6.88. The van der Waals surface area contributed by atoms with Crippen molar-refractivity contribution in [1.29, 1.82) is 0 Å². The van der Waals surface area contributed by atoms with Crippen LogP contribution in [0.2, 0.25) is 0 Å². The van der Waals surface area contributed by atoms with Crippen molar-refractivity contribution < 1.29 is 24.2 Å². The third-order valence-corrected chi connectivity index (χ3v) is 6.88. The normalized spacial score (nSPS) is 11.6. The lowest BCUT2D eigenvalue weighted by atomic mass is 10.00. The van der Waals surface area contributed by atoms with Crippen molar-refractivity contribution in [1.82, 2.24) is 0 Å². The number of carbonyl (C=O) groups excluding carboxylic acids is 2. The first-order valence-electron chi connectivity index (χ1n) is 14.3. The molecule has 0 aromatic heterocycles. The molecule has 0 fully saturated rings. The van der Waals surface area contributed by atoms with Gasteiger partial charge in [-0.05, 0) is 73.9 Å². The van der Waals surface area contributed by atoms with E-state index in [1.54, 1.807) is 65.6 Å². The Balaban J connectivity index is 1.35. The average Bonchev–Trinajstić information content (AvgIpc) is 3.02. The summed E-state index contributed by atoms with van der Waals surface area (Å²) < 4.78 is 5.92. The minimum Gasteiger partial charge on any atom is -0.494 e. The van der Waals surface area contributed by atoms with Gasteiger partial charge in [0.25, 0.3) is 5.91 Å². The van der Waals surface area contributed by atoms with E-state index in [0.717, 1.165) is 16.8 Å². The van der Waals surface area contributed by atoms with Crippen LogP contribution in [0.15, 0.2) is 115 Å². The maximum Gasteiger partial charge on any atom is 0.326 e. The molecule has 4 aromatic carbocycles. The summed E-state index contributed by atoms with van der Waals surface area (Å²) in [7, 11) is 0. The van der Waals surface area contributed by atoms with Crippen molar-refractivity contribution in [2.75, 3.05) is 23.4 Å². The Morgan fingerprint density at radius 1 is 0.907 bits per heavy atom. The van der Waals surface area contributed by atoms with E-state index in [2.05, 4.69) is 5.32 Å². The van der Waals surface area contributed by atoms with E-state index in [9.17, 15) is 19.5 Å². The minimum atomic E-state index is -1.02. The third kappa shape index (κ3) is 8.66. The predicted molar refractivity (Wildman–Crippen MR) is 170 cm³/mol. The number of ketones is 1. The molecule has 1 atom stereocenters. The number of amides is 1. The topological polar surface area (TPSA) is 95.9 Å². The van der Waals surface area contributed by atoms with E-state index in [0.29, 0.717) is 42.1 Å². The summed E-state index contributed by atoms with van der Waals surface area (Å²) in [6, 6.07) is 30.0. The van der Waals surface area contributed by atoms with E-state index in [-0.39, 0.29) is 18.1 Å². The van der Waals surface area contributed by atoms with Crippen LogP contribution in [0.4, 0.5) is 11.4 Å². The van der Waals surface area contributed by atoms with Crippen LogP contribution in [0.25, 0.3) is 0 Å². The summed E-state index contributed by atoms with van der Waals surface area (Å²) in [6.45, 7) is 4.73. The Hall–Kier alpha value is -5.17. The molecule has 7 nitrogen and oxygen atoms in total. The first-order chi connectivity index (χ1) is 20.9. The van der Waals surface area contributed by atoms with Crippen LogP contribution in [0, 0.1) is 6.92 Å². The zero-order chi connectivity index (χ0) is 30.6. The van der Waals surface area contributed by atoms with Crippen molar-refractivity contribution in [3.63, 3.8) is 0 Å². The van der Waals surface area contributed by atoms with Gasteiger partial charge in [-0.1, -0.05) is 72.8 Å². The Kier molecular flexibility index (Phi) is 10.9. The molecule has 0 bridgehead atoms. The fourth-order valence-electron chi connectivity index (χ4n) is 4.70. The molecule has 2 N–H and O–H groups in total. The summed E-state index contributed by atoms with van der Waals surface area (Å²) in [5, 5.41) is 13.0. The number of carboxylic acids is 1. The molecule has 0 aliphatic carbocycles. The second kappa shape index (κ2) is 15.2. The first kappa shape index (κ1) is 30.8. The Bertz CT molecular complexity index is 1560. The van der Waals surface area contributed by atoms with Gasteiger partial charge in [0.2, 0.25) is 0 Å². The van der Waals surface area contributed by atoms with Gasteiger partial charge < -0.3 is 20.1 Å². The number of hydrogen-bond acceptors (Lipinski definition) is 5. The lowest BCUT2D eigenvalue weighted by molar-refractivity contribution is -0.137. The summed E-state index contributed by atoms with van der Waals surface area (Å²) in [5.41, 5.74) is 4.15. The van der Waals surface area contributed by atoms with Crippen LogP contribution in [0.5, 0.6) is 5.75 Å². The smallest absolute Gasteiger partial charge is 0.326 e. The summed E-state index contributed by atoms with van der Waals surface area (Å²) in [4.78, 5) is 39.6. The molecule has 4 aromatic rings. The molecular formula is C36H36N2O5. The van der Waals surface area contributed by atoms with Gasteiger partial charge in [0.15, 0.2) is 5.78 Å². The highest BCUT2D eigenvalue weighted by atomic mass is 16.5. The number of ether oxygens (including phenoxy) is 1. The molecule has 220 valence electrons. The number of hydrogen-bond donors (Lipinski definition) is 2. The summed E-state index contributed by atoms with van der Waals surface area (Å²) >= 11 is 0. The molecule has 0 radical (unpaired) electrons. The van der Waals surface area contributed by atoms with Gasteiger partial charge in [-0.3, -0.25) is 9.59 Å². The maximum absolute atomic E-state index is 13.1. The number of para-hydroxylation sites is 1. The molecule has 0 saturated heterocycles. The number of rotatable bonds is 14. The largest absolute Gasteiger partial charge is 0.494 e. The standard InChI is InChI=1S/C36H36N2O5/c1-3-11-34(39)38(29-15-9-12-26(2)24-29)22-10-23-43-30-20-18-27(19-21-30)25-33(36(41)42)37-32-17-8-7-16-31(32)35(40)28-13-5-4-6-14-28/h3-9,11-21,24,33,37H,10,22-23,25H2,1-2H3,(H,41,42)/t33-/m0/s1. The maximum atomic E-state index is 13.1. The SMILES string of the molecule is CC=CC(=O)N(CCCOc1ccc(C[C@H](Nc2ccccc2C(=O)c2ccccc2)C(=O)O)cc1)c1cccc(C)c1. The molecular weight excluding hydrogens is 540 g/mol. The van der Waals surface area contributed by atoms with Gasteiger partial charge in [0.1, 0.15) is 11.8 Å². The first-order valence-corrected chi connectivity index (χ1v) is 14.3. The van der Waals surface area contributed by atoms with Gasteiger partial charge in [0.05, 0.1) is 6.61 Å². The highest BCUT2D eigenvalue weighted by Crippen LogP contribution is 2.22. The Labute approximate surface area is 252 Å². The molecule has 4 rings (SSSR count). The van der Waals surface area contributed by atoms with E-state index >= 15 is 0 Å². The zero-order valence-electron chi connectivity index (χ0n) is 24.4. The lowest BCUT2D eigenvalue weighted by Gasteiger charge is -2.22. The quantitative estimate of drug-likeness (QED) is 0.0984. The Morgan fingerprint density at radius 2 is 1.63 bits per heavy atom. The summed E-state index contributed by atoms with van der Waals surface area (Å²) in [5.74, 6) is -0.620. The second-order valence-corrected chi connectivity index (χ2v) is 10.2. The average molecular weight is 577 g/mol. The predicted octanol–water partition coefficient (Wildman–Crippen LogP) is 6.71. The van der Waals surface area contributed by atoms with Gasteiger partial charge in [-0.25, -0.2) is 4.79 Å². The van der Waals surface area contributed by atoms with E-state index in [1.165, 1.54) is 0 Å². The Morgan fingerprint density at radius 3 is 2.33 bits per heavy atom. The van der Waals surface area contributed by atoms with Crippen LogP contribution in [-0.2, 0) is 16.0 Å². The molecule has 0 unspecified atom stereocenters. The van der Waals surface area contributed by atoms with Crippen molar-refractivity contribution in [3.8, 4) is 5.75 Å². The molecule has 43 heavy (non-hydrogen) atoms. The molecule has 0 spiro atoms. The van der Waals surface area contributed by atoms with Crippen LogP contribution >= 0.6 is 0 Å². The molecule has 0 heterocycles. The van der Waals surface area contributed by atoms with Gasteiger partial charge >= 0.3 is 5.97 Å². The molecule has 1 amide bonds. The van der Waals surface area contributed by atoms with Crippen molar-refractivity contribution in [2.24, 2.45) is 0 Å². The zero-order valence-corrected chi connectivity index (χ0v) is 24.4. The van der Waals surface area contributed by atoms with Crippen LogP contribution < -0.4 is 15.0 Å². The van der Waals surface area contributed by atoms with Crippen LogP contribution in [-0.4, -0.2) is 42.0 Å². The van der Waals surface area contributed by atoms with E-state index < -0.39 is 12.0 Å². The minimum absolute atomic E-state index is 0.0777. The fraction of sp³-hybridized carbons (Fsp3) is 0.194. The number of aliphatic carboxylic acids is 1. The summed E-state index contributed by atoms with van der Waals surface area (Å²) in [6.07, 6.45) is 4.13. The number of aryl methyl sites for hydroxylation is 1. The number of anilines is 2. The highest BCUT2D eigenvalue weighted by Gasteiger charge is 2.21. The highest BCUT2D eigenvalue weighted by molar-refractivity contribution is 6.12. The van der Waals surface area contributed by atoms with Crippen molar-refractivity contribution in [2.45, 2.75) is 32.7 Å². The molecule has 0 aliphatic heterocycles. The fourth-order valence-corrected chi connectivity index (χ4v) is 4.70. The number of nitrogens with zero attached hydrogens (tertiary/aromatic N) is 1. The molecule has 0 aliphatic rings. The number of benzene rings is 4. The van der Waals surface area contributed by atoms with Gasteiger partial charge in [-0.15, -0.1) is 0 Å². The molecule has 7 heteroatoms. The number of allylic oxidation sites excluding steroid dienone is 1. The molecule has 0 saturated carbocycles. The number of nitrogens with one attached hydrogen (secondary N) is 1. The van der Waals surface area contributed by atoms with Crippen LogP contribution in [0.1, 0.15) is 40.4 Å². The van der Waals surface area contributed by atoms with Gasteiger partial charge in [0, 0.05) is 35.5 Å².